The molecule has 7 nitrogen and oxygen atoms in total. The molecule has 1 aliphatic heterocycles. The number of pyridine rings is 2. The summed E-state index contributed by atoms with van der Waals surface area (Å²) >= 11 is 0. The van der Waals surface area contributed by atoms with Crippen LogP contribution in [0.4, 0.5) is 0 Å². The molecule has 3 aromatic rings. The van der Waals surface area contributed by atoms with E-state index >= 15 is 0 Å². The first-order valence-corrected chi connectivity index (χ1v) is 7.81. The second kappa shape index (κ2) is 7.31. The molecule has 1 saturated heterocycles. The number of ketones is 1. The van der Waals surface area contributed by atoms with Crippen LogP contribution in [0.1, 0.15) is 22.6 Å². The third-order valence-corrected chi connectivity index (χ3v) is 3.71. The van der Waals surface area contributed by atoms with Gasteiger partial charge in [0.15, 0.2) is 17.4 Å². The van der Waals surface area contributed by atoms with Gasteiger partial charge in [0, 0.05) is 48.2 Å². The van der Waals surface area contributed by atoms with E-state index < -0.39 is 38.4 Å². The van der Waals surface area contributed by atoms with Crippen molar-refractivity contribution in [3.05, 3.63) is 42.3 Å². The van der Waals surface area contributed by atoms with Crippen molar-refractivity contribution in [2.75, 3.05) is 32.7 Å². The minimum Gasteiger partial charge on any atom is -0.441 e. The Balaban J connectivity index is 1.58. The van der Waals surface area contributed by atoms with Crippen LogP contribution >= 0.6 is 0 Å². The Morgan fingerprint density at radius 2 is 2.04 bits per heavy atom. The van der Waals surface area contributed by atoms with Crippen LogP contribution in [0.2, 0.25) is 0 Å². The zero-order valence-corrected chi connectivity index (χ0v) is 13.8. The number of carbonyl (C=O) groups is 1. The topological polar surface area (TPSA) is 81.4 Å². The Labute approximate surface area is 162 Å². The molecule has 26 heavy (non-hydrogen) atoms. The summed E-state index contributed by atoms with van der Waals surface area (Å²) in [6, 6.07) is 3.38. The third-order valence-electron chi connectivity index (χ3n) is 3.71. The van der Waals surface area contributed by atoms with Crippen molar-refractivity contribution in [2.45, 2.75) is 13.3 Å². The summed E-state index contributed by atoms with van der Waals surface area (Å²) in [5.41, 5.74) is 1.51. The number of rotatable bonds is 5. The summed E-state index contributed by atoms with van der Waals surface area (Å²) in [5.74, 6) is 0.317. The molecular weight excluding hydrogens is 332 g/mol. The third kappa shape index (κ3) is 3.79. The van der Waals surface area contributed by atoms with Gasteiger partial charge in [-0.15, -0.1) is 0 Å². The van der Waals surface area contributed by atoms with Gasteiger partial charge < -0.3 is 9.15 Å². The molecule has 0 N–H and O–H groups in total. The summed E-state index contributed by atoms with van der Waals surface area (Å²) in [6.45, 7) is -11.8. The molecular formula is C19H20N4O3. The van der Waals surface area contributed by atoms with E-state index in [4.69, 9.17) is 15.4 Å². The molecule has 0 aromatic carbocycles. The van der Waals surface area contributed by atoms with Crippen LogP contribution in [0, 0.1) is 6.92 Å². The van der Waals surface area contributed by atoms with Gasteiger partial charge in [0.05, 0.1) is 49.5 Å². The van der Waals surface area contributed by atoms with E-state index in [0.29, 0.717) is 33.8 Å². The van der Waals surface area contributed by atoms with Gasteiger partial charge in [-0.1, -0.05) is 0 Å². The van der Waals surface area contributed by atoms with E-state index in [2.05, 4.69) is 19.7 Å². The van der Waals surface area contributed by atoms with Gasteiger partial charge in [-0.25, -0.2) is 4.98 Å². The number of Topliss-reactive ketones (excluding diaryl/α,β-unsaturated/α-hetero) is 1. The number of nitrogens with zero attached hydrogens (tertiary/aromatic N) is 4. The fourth-order valence-electron chi connectivity index (χ4n) is 2.53. The van der Waals surface area contributed by atoms with E-state index in [9.17, 15) is 4.79 Å². The van der Waals surface area contributed by atoms with Crippen LogP contribution < -0.4 is 0 Å². The average molecular weight is 360 g/mol. The number of ether oxygens (including phenoxy) is 1. The van der Waals surface area contributed by atoms with Crippen LogP contribution in [-0.2, 0) is 16.0 Å². The largest absolute Gasteiger partial charge is 0.441 e. The van der Waals surface area contributed by atoms with E-state index in [1.54, 1.807) is 31.5 Å². The van der Waals surface area contributed by atoms with Gasteiger partial charge in [0.25, 0.3) is 0 Å². The zero-order chi connectivity index (χ0) is 25.1. The molecule has 0 aliphatic carbocycles. The van der Waals surface area contributed by atoms with Crippen molar-refractivity contribution >= 4 is 16.7 Å². The van der Waals surface area contributed by atoms with Crippen molar-refractivity contribution in [3.63, 3.8) is 0 Å². The summed E-state index contributed by atoms with van der Waals surface area (Å²) in [6.07, 6.45) is 4.29. The maximum absolute atomic E-state index is 12.8. The standard InChI is InChI=1S/C19H20N4O3/c1-13-20-11-19(26-13)15-6-14-7-16(21-10-18(14)22-9-15)8-17(24)12-23-2-4-25-5-3-23/h6-7,9-11H,2-5,8,12H2,1H3/i2D2,3D2,4D2,5D2. The van der Waals surface area contributed by atoms with Gasteiger partial charge in [0.1, 0.15) is 0 Å². The molecule has 1 fully saturated rings. The highest BCUT2D eigenvalue weighted by atomic mass is 16.5. The lowest BCUT2D eigenvalue weighted by Gasteiger charge is -2.25. The van der Waals surface area contributed by atoms with Crippen molar-refractivity contribution in [1.29, 1.82) is 0 Å². The molecule has 3 aromatic heterocycles. The molecule has 1 aliphatic rings. The first-order chi connectivity index (χ1) is 15.6. The van der Waals surface area contributed by atoms with Crippen molar-refractivity contribution < 1.29 is 24.9 Å². The van der Waals surface area contributed by atoms with Crippen LogP contribution in [0.5, 0.6) is 0 Å². The Kier molecular flexibility index (Phi) is 2.78. The van der Waals surface area contributed by atoms with Gasteiger partial charge >= 0.3 is 0 Å². The molecule has 0 unspecified atom stereocenters. The minimum atomic E-state index is -3.20. The molecule has 0 spiro atoms. The summed E-state index contributed by atoms with van der Waals surface area (Å²) < 4.78 is 72.8. The fraction of sp³-hybridized carbons (Fsp3) is 0.368. The molecule has 7 heteroatoms. The first-order valence-electron chi connectivity index (χ1n) is 11.8. The summed E-state index contributed by atoms with van der Waals surface area (Å²) in [5, 5.41) is 0.647. The highest BCUT2D eigenvalue weighted by Gasteiger charge is 2.15. The minimum absolute atomic E-state index is 0.221. The van der Waals surface area contributed by atoms with E-state index in [-0.39, 0.29) is 11.3 Å². The fourth-order valence-corrected chi connectivity index (χ4v) is 2.53. The number of oxazole rings is 1. The molecule has 134 valence electrons. The predicted molar refractivity (Wildman–Crippen MR) is 95.7 cm³/mol. The Morgan fingerprint density at radius 3 is 2.81 bits per heavy atom. The molecule has 0 radical (unpaired) electrons. The Hall–Kier alpha value is -2.64. The Morgan fingerprint density at radius 1 is 1.19 bits per heavy atom. The summed E-state index contributed by atoms with van der Waals surface area (Å²) in [4.78, 5) is 25.5. The van der Waals surface area contributed by atoms with Gasteiger partial charge in [-0.2, -0.15) is 0 Å². The smallest absolute Gasteiger partial charge is 0.191 e. The maximum atomic E-state index is 12.8. The second-order valence-corrected chi connectivity index (χ2v) is 5.67. The lowest BCUT2D eigenvalue weighted by Crippen LogP contribution is -2.39. The number of hydrogen-bond donors (Lipinski definition) is 0. The maximum Gasteiger partial charge on any atom is 0.191 e. The number of carbonyl (C=O) groups excluding carboxylic acids is 1. The molecule has 0 bridgehead atoms. The van der Waals surface area contributed by atoms with E-state index in [1.807, 2.05) is 0 Å². The van der Waals surface area contributed by atoms with E-state index in [0.717, 1.165) is 0 Å². The molecule has 4 rings (SSSR count). The average Bonchev–Trinajstić information content (AvgIpc) is 3.16. The number of aromatic nitrogens is 3. The summed E-state index contributed by atoms with van der Waals surface area (Å²) in [7, 11) is 0. The normalized spacial score (nSPS) is 27.7. The molecule has 0 saturated carbocycles. The molecule has 0 atom stereocenters. The van der Waals surface area contributed by atoms with Gasteiger partial charge in [-0.3, -0.25) is 19.7 Å². The van der Waals surface area contributed by atoms with Gasteiger partial charge in [0.2, 0.25) is 0 Å². The van der Waals surface area contributed by atoms with Crippen LogP contribution in [0.15, 0.2) is 35.1 Å². The zero-order valence-electron chi connectivity index (χ0n) is 21.8. The van der Waals surface area contributed by atoms with E-state index in [1.165, 1.54) is 6.20 Å². The van der Waals surface area contributed by atoms with Crippen LogP contribution in [0.3, 0.4) is 0 Å². The first kappa shape index (κ1) is 9.89. The lowest BCUT2D eigenvalue weighted by atomic mass is 10.1. The van der Waals surface area contributed by atoms with Gasteiger partial charge in [-0.05, 0) is 12.1 Å². The van der Waals surface area contributed by atoms with Crippen molar-refractivity contribution in [1.82, 2.24) is 19.9 Å². The number of morpholine rings is 1. The molecule has 0 amide bonds. The predicted octanol–water partition coefficient (Wildman–Crippen LogP) is 2.04. The highest BCUT2D eigenvalue weighted by Crippen LogP contribution is 2.23. The van der Waals surface area contributed by atoms with Crippen molar-refractivity contribution in [3.8, 4) is 11.3 Å². The quantitative estimate of drug-likeness (QED) is 0.688. The highest BCUT2D eigenvalue weighted by molar-refractivity contribution is 5.85. The van der Waals surface area contributed by atoms with Crippen LogP contribution in [-0.4, -0.2) is 58.3 Å². The van der Waals surface area contributed by atoms with Crippen molar-refractivity contribution in [2.24, 2.45) is 0 Å². The molecule has 4 heterocycles. The number of fused-ring (bicyclic) bond motifs is 1. The monoisotopic (exact) mass is 360 g/mol. The Bertz CT molecular complexity index is 1240. The number of aryl methyl sites for hydroxylation is 1. The second-order valence-electron chi connectivity index (χ2n) is 5.67. The SMILES string of the molecule is [2H]C1([2H])OC([2H])([2H])C([2H])([2H])N(CC(=O)Cc2cc3cc(-c4cnc(C)o4)cnc3cn2)C1([2H])[2H]. The number of hydrogen-bond acceptors (Lipinski definition) is 7. The lowest BCUT2D eigenvalue weighted by molar-refractivity contribution is -0.120. The van der Waals surface area contributed by atoms with Crippen LogP contribution in [0.25, 0.3) is 22.2 Å².